The Hall–Kier alpha value is -6.44. The highest BCUT2D eigenvalue weighted by molar-refractivity contribution is 6.24. The Morgan fingerprint density at radius 3 is 1.81 bits per heavy atom. The third kappa shape index (κ3) is 4.77. The zero-order valence-corrected chi connectivity index (χ0v) is 29.3. The quantitative estimate of drug-likeness (QED) is 0.166. The Morgan fingerprint density at radius 2 is 0.981 bits per heavy atom. The summed E-state index contributed by atoms with van der Waals surface area (Å²) in [6.07, 6.45) is 0. The summed E-state index contributed by atoms with van der Waals surface area (Å²) in [6, 6.07) is 69.2. The van der Waals surface area contributed by atoms with Gasteiger partial charge in [0.05, 0.1) is 0 Å². The molecule has 0 aromatic heterocycles. The van der Waals surface area contributed by atoms with Crippen molar-refractivity contribution in [1.29, 1.82) is 0 Å². The van der Waals surface area contributed by atoms with Crippen molar-refractivity contribution in [3.63, 3.8) is 0 Å². The normalized spacial score (nSPS) is 13.0. The highest BCUT2D eigenvalue weighted by Gasteiger charge is 2.35. The predicted molar refractivity (Wildman–Crippen MR) is 222 cm³/mol. The summed E-state index contributed by atoms with van der Waals surface area (Å²) in [7, 11) is 0. The van der Waals surface area contributed by atoms with Gasteiger partial charge in [-0.3, -0.25) is 0 Å². The van der Waals surface area contributed by atoms with E-state index in [2.05, 4.69) is 207 Å². The molecule has 0 heterocycles. The Morgan fingerprint density at radius 1 is 0.346 bits per heavy atom. The minimum absolute atomic E-state index is 0.0435. The molecule has 0 saturated heterocycles. The van der Waals surface area contributed by atoms with E-state index in [9.17, 15) is 0 Å². The second kappa shape index (κ2) is 11.8. The van der Waals surface area contributed by atoms with Crippen LogP contribution in [-0.2, 0) is 5.41 Å². The van der Waals surface area contributed by atoms with E-state index < -0.39 is 0 Å². The van der Waals surface area contributed by atoms with Crippen LogP contribution < -0.4 is 4.90 Å². The van der Waals surface area contributed by atoms with E-state index in [4.69, 9.17) is 0 Å². The number of fused-ring (bicyclic) bond motifs is 8. The van der Waals surface area contributed by atoms with E-state index in [1.807, 2.05) is 0 Å². The fourth-order valence-corrected chi connectivity index (χ4v) is 8.65. The van der Waals surface area contributed by atoms with Gasteiger partial charge in [-0.1, -0.05) is 159 Å². The molecule has 0 saturated carbocycles. The molecule has 1 heteroatoms. The molecular weight excluding hydrogens is 627 g/mol. The third-order valence-corrected chi connectivity index (χ3v) is 11.2. The standard InChI is InChI=1S/C51H37N/c1-51(2)48-22-11-10-21-44(48)47-33-41(28-30-49(47)51)52(40-18-12-17-37(31-40)34-13-4-3-5-14-34)39-26-23-36(24-27-39)46-32-38-16-7-9-20-43(38)50-42-19-8-6-15-35(42)25-29-45(46)50/h3-33H,1-2H3. The summed E-state index contributed by atoms with van der Waals surface area (Å²) in [4.78, 5) is 2.41. The van der Waals surface area contributed by atoms with Crippen LogP contribution in [-0.4, -0.2) is 0 Å². The van der Waals surface area contributed by atoms with Crippen molar-refractivity contribution in [2.24, 2.45) is 0 Å². The Balaban J connectivity index is 1.15. The van der Waals surface area contributed by atoms with Crippen LogP contribution in [0.5, 0.6) is 0 Å². The van der Waals surface area contributed by atoms with Crippen LogP contribution in [0.4, 0.5) is 17.1 Å². The summed E-state index contributed by atoms with van der Waals surface area (Å²) in [5, 5.41) is 7.70. The number of hydrogen-bond acceptors (Lipinski definition) is 1. The van der Waals surface area contributed by atoms with Gasteiger partial charge in [-0.25, -0.2) is 0 Å². The van der Waals surface area contributed by atoms with Crippen LogP contribution >= 0.6 is 0 Å². The molecule has 0 atom stereocenters. The molecule has 0 fully saturated rings. The maximum absolute atomic E-state index is 2.41. The molecule has 0 aliphatic heterocycles. The maximum Gasteiger partial charge on any atom is 0.0468 e. The maximum atomic E-state index is 2.41. The molecule has 0 spiro atoms. The fourth-order valence-electron chi connectivity index (χ4n) is 8.65. The van der Waals surface area contributed by atoms with E-state index in [1.54, 1.807) is 0 Å². The minimum Gasteiger partial charge on any atom is -0.310 e. The topological polar surface area (TPSA) is 3.24 Å². The number of nitrogens with zero attached hydrogens (tertiary/aromatic N) is 1. The van der Waals surface area contributed by atoms with Gasteiger partial charge in [0.2, 0.25) is 0 Å². The highest BCUT2D eigenvalue weighted by atomic mass is 15.1. The first-order chi connectivity index (χ1) is 25.5. The van der Waals surface area contributed by atoms with E-state index in [1.165, 1.54) is 76.8 Å². The first kappa shape index (κ1) is 30.4. The fraction of sp³-hybridized carbons (Fsp3) is 0.0588. The lowest BCUT2D eigenvalue weighted by Crippen LogP contribution is -2.15. The first-order valence-corrected chi connectivity index (χ1v) is 18.2. The highest BCUT2D eigenvalue weighted by Crippen LogP contribution is 2.51. The van der Waals surface area contributed by atoms with Crippen molar-refractivity contribution in [2.75, 3.05) is 4.90 Å². The molecule has 52 heavy (non-hydrogen) atoms. The van der Waals surface area contributed by atoms with E-state index in [0.29, 0.717) is 0 Å². The van der Waals surface area contributed by atoms with Gasteiger partial charge in [0.25, 0.3) is 0 Å². The Labute approximate surface area is 305 Å². The van der Waals surface area contributed by atoms with Crippen LogP contribution in [0.15, 0.2) is 188 Å². The molecule has 0 radical (unpaired) electrons. The smallest absolute Gasteiger partial charge is 0.0468 e. The lowest BCUT2D eigenvalue weighted by Gasteiger charge is -2.28. The molecule has 1 aliphatic carbocycles. The van der Waals surface area contributed by atoms with Crippen LogP contribution in [0.3, 0.4) is 0 Å². The van der Waals surface area contributed by atoms with Gasteiger partial charge in [-0.05, 0) is 119 Å². The second-order valence-corrected chi connectivity index (χ2v) is 14.6. The van der Waals surface area contributed by atoms with Gasteiger partial charge in [-0.2, -0.15) is 0 Å². The van der Waals surface area contributed by atoms with Gasteiger partial charge in [0.1, 0.15) is 0 Å². The zero-order valence-electron chi connectivity index (χ0n) is 29.3. The number of benzene rings is 9. The molecule has 246 valence electrons. The Bertz CT molecular complexity index is 2790. The number of rotatable bonds is 5. The van der Waals surface area contributed by atoms with Crippen molar-refractivity contribution < 1.29 is 0 Å². The average Bonchev–Trinajstić information content (AvgIpc) is 3.43. The lowest BCUT2D eigenvalue weighted by molar-refractivity contribution is 0.660. The Kier molecular flexibility index (Phi) is 6.91. The van der Waals surface area contributed by atoms with Crippen molar-refractivity contribution in [3.05, 3.63) is 199 Å². The van der Waals surface area contributed by atoms with Gasteiger partial charge in [-0.15, -0.1) is 0 Å². The summed E-state index contributed by atoms with van der Waals surface area (Å²) in [5.41, 5.74) is 13.6. The molecule has 0 N–H and O–H groups in total. The summed E-state index contributed by atoms with van der Waals surface area (Å²) < 4.78 is 0. The molecule has 1 nitrogen and oxygen atoms in total. The van der Waals surface area contributed by atoms with E-state index in [0.717, 1.165) is 17.1 Å². The predicted octanol–water partition coefficient (Wildman–Crippen LogP) is 14.3. The molecule has 9 aromatic rings. The van der Waals surface area contributed by atoms with Gasteiger partial charge >= 0.3 is 0 Å². The third-order valence-electron chi connectivity index (χ3n) is 11.2. The first-order valence-electron chi connectivity index (χ1n) is 18.2. The monoisotopic (exact) mass is 663 g/mol. The molecule has 0 unspecified atom stereocenters. The molecule has 1 aliphatic rings. The largest absolute Gasteiger partial charge is 0.310 e. The number of hydrogen-bond donors (Lipinski definition) is 0. The van der Waals surface area contributed by atoms with Crippen molar-refractivity contribution in [1.82, 2.24) is 0 Å². The van der Waals surface area contributed by atoms with Gasteiger partial charge < -0.3 is 4.90 Å². The summed E-state index contributed by atoms with van der Waals surface area (Å²) >= 11 is 0. The van der Waals surface area contributed by atoms with E-state index >= 15 is 0 Å². The molecule has 0 bridgehead atoms. The second-order valence-electron chi connectivity index (χ2n) is 14.6. The zero-order chi connectivity index (χ0) is 34.8. The summed E-state index contributed by atoms with van der Waals surface area (Å²) in [6.45, 7) is 4.69. The average molecular weight is 664 g/mol. The van der Waals surface area contributed by atoms with Crippen molar-refractivity contribution in [2.45, 2.75) is 19.3 Å². The van der Waals surface area contributed by atoms with E-state index in [-0.39, 0.29) is 5.41 Å². The summed E-state index contributed by atoms with van der Waals surface area (Å²) in [5.74, 6) is 0. The minimum atomic E-state index is -0.0435. The molecule has 10 rings (SSSR count). The van der Waals surface area contributed by atoms with Gasteiger partial charge in [0, 0.05) is 22.5 Å². The van der Waals surface area contributed by atoms with Crippen LogP contribution in [0.2, 0.25) is 0 Å². The number of anilines is 3. The molecule has 0 amide bonds. The van der Waals surface area contributed by atoms with Crippen molar-refractivity contribution in [3.8, 4) is 33.4 Å². The van der Waals surface area contributed by atoms with Crippen molar-refractivity contribution >= 4 is 49.4 Å². The van der Waals surface area contributed by atoms with Crippen LogP contribution in [0, 0.1) is 0 Å². The van der Waals surface area contributed by atoms with Crippen LogP contribution in [0.1, 0.15) is 25.0 Å². The lowest BCUT2D eigenvalue weighted by atomic mass is 9.82. The van der Waals surface area contributed by atoms with Crippen LogP contribution in [0.25, 0.3) is 65.7 Å². The van der Waals surface area contributed by atoms with Gasteiger partial charge in [0.15, 0.2) is 0 Å². The molecule has 9 aromatic carbocycles. The SMILES string of the molecule is CC1(C)c2ccccc2-c2cc(N(c3ccc(-c4cc5ccccc5c5c4ccc4ccccc45)cc3)c3cccc(-c4ccccc4)c3)ccc21. The molecular formula is C51H37N.